The van der Waals surface area contributed by atoms with Crippen molar-refractivity contribution in [1.82, 2.24) is 9.27 Å². The number of rotatable bonds is 4. The molecule has 0 radical (unpaired) electrons. The van der Waals surface area contributed by atoms with Gasteiger partial charge in [0.05, 0.1) is 0 Å². The van der Waals surface area contributed by atoms with E-state index in [0.29, 0.717) is 5.03 Å². The average Bonchev–Trinajstić information content (AvgIpc) is 2.59. The number of amides is 2. The number of thioether (sulfide) groups is 1. The molecule has 1 aromatic heterocycles. The molecule has 1 rings (SSSR count). The zero-order valence-corrected chi connectivity index (χ0v) is 12.2. The molecule has 0 saturated carbocycles. The Morgan fingerprint density at radius 1 is 1.44 bits per heavy atom. The topological polar surface area (TPSA) is 82.5 Å². The Kier molecular flexibility index (Phi) is 4.97. The van der Waals surface area contributed by atoms with E-state index in [9.17, 15) is 14.7 Å². The van der Waals surface area contributed by atoms with Crippen molar-refractivity contribution in [2.24, 2.45) is 0 Å². The highest BCUT2D eigenvalue weighted by molar-refractivity contribution is 8.00. The lowest BCUT2D eigenvalue weighted by Gasteiger charge is -2.11. The Morgan fingerprint density at radius 3 is 2.50 bits per heavy atom. The number of anilines is 1. The molecule has 0 saturated heterocycles. The first-order valence-corrected chi connectivity index (χ1v) is 6.86. The van der Waals surface area contributed by atoms with Crippen molar-refractivity contribution >= 4 is 40.3 Å². The maximum atomic E-state index is 11.5. The van der Waals surface area contributed by atoms with Crippen LogP contribution in [0.3, 0.4) is 0 Å². The number of carbonyl (C=O) groups excluding carboxylic acids is 1. The first-order chi connectivity index (χ1) is 8.32. The van der Waals surface area contributed by atoms with Crippen LogP contribution >= 0.6 is 23.3 Å². The molecular formula is C10H15N3O3S2. The molecular weight excluding hydrogens is 274 g/mol. The molecule has 6 nitrogen and oxygen atoms in total. The third-order valence-electron chi connectivity index (χ3n) is 1.85. The number of aromatic nitrogens is 1. The van der Waals surface area contributed by atoms with Gasteiger partial charge in [-0.3, -0.25) is 5.32 Å². The Bertz CT molecular complexity index is 457. The van der Waals surface area contributed by atoms with E-state index >= 15 is 0 Å². The molecule has 0 aromatic carbocycles. The summed E-state index contributed by atoms with van der Waals surface area (Å²) in [6, 6.07) is -0.373. The summed E-state index contributed by atoms with van der Waals surface area (Å²) >= 11 is 2.35. The van der Waals surface area contributed by atoms with Gasteiger partial charge >= 0.3 is 12.0 Å². The van der Waals surface area contributed by atoms with E-state index in [2.05, 4.69) is 9.69 Å². The van der Waals surface area contributed by atoms with E-state index < -0.39 is 5.97 Å². The molecule has 1 heterocycles. The van der Waals surface area contributed by atoms with Gasteiger partial charge in [-0.2, -0.15) is 4.37 Å². The smallest absolute Gasteiger partial charge is 0.341 e. The molecule has 100 valence electrons. The number of hydrogen-bond acceptors (Lipinski definition) is 5. The molecule has 0 spiro atoms. The second-order valence-electron chi connectivity index (χ2n) is 3.99. The molecule has 2 amide bonds. The third kappa shape index (κ3) is 3.61. The van der Waals surface area contributed by atoms with E-state index in [1.54, 1.807) is 14.1 Å². The summed E-state index contributed by atoms with van der Waals surface area (Å²) in [5.74, 6) is -1.08. The predicted molar refractivity (Wildman–Crippen MR) is 72.8 cm³/mol. The number of nitrogens with zero attached hydrogens (tertiary/aromatic N) is 2. The molecule has 0 aliphatic heterocycles. The van der Waals surface area contributed by atoms with Crippen molar-refractivity contribution in [2.75, 3.05) is 19.4 Å². The van der Waals surface area contributed by atoms with Crippen molar-refractivity contribution in [3.63, 3.8) is 0 Å². The highest BCUT2D eigenvalue weighted by Gasteiger charge is 2.23. The highest BCUT2D eigenvalue weighted by Crippen LogP contribution is 2.33. The molecule has 2 N–H and O–H groups in total. The Morgan fingerprint density at radius 2 is 2.06 bits per heavy atom. The largest absolute Gasteiger partial charge is 0.477 e. The minimum atomic E-state index is -1.08. The molecule has 0 fully saturated rings. The van der Waals surface area contributed by atoms with Crippen molar-refractivity contribution in [2.45, 2.75) is 24.1 Å². The highest BCUT2D eigenvalue weighted by atomic mass is 32.2. The normalized spacial score (nSPS) is 10.5. The quantitative estimate of drug-likeness (QED) is 0.832. The van der Waals surface area contributed by atoms with Crippen LogP contribution in [0.5, 0.6) is 0 Å². The number of nitrogens with one attached hydrogen (secondary N) is 1. The standard InChI is InChI=1S/C10H15N3O3S2/c1-5(2)17-8-6(9(14)15)7(18-12-8)11-10(16)13(3)4/h5H,1-4H3,(H,11,16)(H,14,15). The molecule has 0 bridgehead atoms. The molecule has 8 heteroatoms. The SMILES string of the molecule is CC(C)Sc1nsc(NC(=O)N(C)C)c1C(=O)O. The minimum Gasteiger partial charge on any atom is -0.477 e. The second kappa shape index (κ2) is 6.05. The Balaban J connectivity index is 3.02. The zero-order valence-electron chi connectivity index (χ0n) is 10.6. The van der Waals surface area contributed by atoms with Gasteiger partial charge in [0.15, 0.2) is 0 Å². The van der Waals surface area contributed by atoms with Crippen molar-refractivity contribution < 1.29 is 14.7 Å². The van der Waals surface area contributed by atoms with Gasteiger partial charge in [0.1, 0.15) is 15.6 Å². The number of carbonyl (C=O) groups is 2. The molecule has 0 aliphatic rings. The van der Waals surface area contributed by atoms with Crippen LogP contribution in [-0.2, 0) is 0 Å². The van der Waals surface area contributed by atoms with Crippen LogP contribution in [0.1, 0.15) is 24.2 Å². The van der Waals surface area contributed by atoms with Gasteiger partial charge in [0.2, 0.25) is 0 Å². The summed E-state index contributed by atoms with van der Waals surface area (Å²) in [5.41, 5.74) is 0.0638. The fraction of sp³-hybridized carbons (Fsp3) is 0.500. The Hall–Kier alpha value is -1.28. The first-order valence-electron chi connectivity index (χ1n) is 5.20. The number of urea groups is 1. The maximum Gasteiger partial charge on any atom is 0.341 e. The fourth-order valence-electron chi connectivity index (χ4n) is 1.06. The summed E-state index contributed by atoms with van der Waals surface area (Å²) in [5, 5.41) is 12.7. The van der Waals surface area contributed by atoms with Crippen LogP contribution in [0, 0.1) is 0 Å². The third-order valence-corrected chi connectivity index (χ3v) is 3.72. The molecule has 0 unspecified atom stereocenters. The zero-order chi connectivity index (χ0) is 13.9. The van der Waals surface area contributed by atoms with Crippen LogP contribution in [0.2, 0.25) is 0 Å². The van der Waals surface area contributed by atoms with Crippen molar-refractivity contribution in [3.8, 4) is 0 Å². The van der Waals surface area contributed by atoms with E-state index in [4.69, 9.17) is 0 Å². The van der Waals surface area contributed by atoms with Gasteiger partial charge in [-0.05, 0) is 11.5 Å². The molecule has 0 aliphatic carbocycles. The summed E-state index contributed by atoms with van der Waals surface area (Å²) in [6.45, 7) is 3.90. The molecule has 1 aromatic rings. The lowest BCUT2D eigenvalue weighted by Crippen LogP contribution is -2.27. The van der Waals surface area contributed by atoms with E-state index in [-0.39, 0.29) is 21.8 Å². The number of carboxylic acids is 1. The lowest BCUT2D eigenvalue weighted by atomic mass is 10.3. The molecule has 18 heavy (non-hydrogen) atoms. The number of aromatic carboxylic acids is 1. The van der Waals surface area contributed by atoms with E-state index in [1.165, 1.54) is 16.7 Å². The van der Waals surface area contributed by atoms with Gasteiger partial charge in [0.25, 0.3) is 0 Å². The summed E-state index contributed by atoms with van der Waals surface area (Å²) in [4.78, 5) is 24.1. The number of carboxylic acid groups (broad SMARTS) is 1. The van der Waals surface area contributed by atoms with Gasteiger partial charge in [-0.25, -0.2) is 9.59 Å². The summed E-state index contributed by atoms with van der Waals surface area (Å²) < 4.78 is 4.08. The van der Waals surface area contributed by atoms with Gasteiger partial charge in [0, 0.05) is 19.3 Å². The van der Waals surface area contributed by atoms with Crippen LogP contribution in [0.4, 0.5) is 9.80 Å². The predicted octanol–water partition coefficient (Wildman–Crippen LogP) is 2.44. The average molecular weight is 289 g/mol. The summed E-state index contributed by atoms with van der Waals surface area (Å²) in [7, 11) is 3.17. The fourth-order valence-corrected chi connectivity index (χ4v) is 2.84. The second-order valence-corrected chi connectivity index (χ2v) is 6.33. The Labute approximate surface area is 114 Å². The molecule has 0 atom stereocenters. The van der Waals surface area contributed by atoms with Crippen LogP contribution in [0.15, 0.2) is 5.03 Å². The van der Waals surface area contributed by atoms with Gasteiger partial charge < -0.3 is 10.0 Å². The lowest BCUT2D eigenvalue weighted by molar-refractivity contribution is 0.0694. The van der Waals surface area contributed by atoms with E-state index in [0.717, 1.165) is 11.5 Å². The van der Waals surface area contributed by atoms with Crippen LogP contribution < -0.4 is 5.32 Å². The van der Waals surface area contributed by atoms with Gasteiger partial charge in [-0.1, -0.05) is 13.8 Å². The maximum absolute atomic E-state index is 11.5. The minimum absolute atomic E-state index is 0.0638. The first kappa shape index (κ1) is 14.8. The number of hydrogen-bond donors (Lipinski definition) is 2. The van der Waals surface area contributed by atoms with E-state index in [1.807, 2.05) is 13.8 Å². The van der Waals surface area contributed by atoms with Crippen LogP contribution in [-0.4, -0.2) is 45.7 Å². The van der Waals surface area contributed by atoms with Crippen LogP contribution in [0.25, 0.3) is 0 Å². The van der Waals surface area contributed by atoms with Gasteiger partial charge in [-0.15, -0.1) is 11.8 Å². The van der Waals surface area contributed by atoms with Crippen molar-refractivity contribution in [1.29, 1.82) is 0 Å². The van der Waals surface area contributed by atoms with Crippen molar-refractivity contribution in [3.05, 3.63) is 5.56 Å². The monoisotopic (exact) mass is 289 g/mol. The summed E-state index contributed by atoms with van der Waals surface area (Å²) in [6.07, 6.45) is 0.